The van der Waals surface area contributed by atoms with Crippen LogP contribution in [0.25, 0.3) is 0 Å². The van der Waals surface area contributed by atoms with Gasteiger partial charge in [0.25, 0.3) is 0 Å². The molecule has 1 aliphatic carbocycles. The van der Waals surface area contributed by atoms with Crippen LogP contribution in [0.2, 0.25) is 0 Å². The zero-order valence-electron chi connectivity index (χ0n) is 13.5. The van der Waals surface area contributed by atoms with Gasteiger partial charge in [-0.05, 0) is 38.0 Å². The van der Waals surface area contributed by atoms with Gasteiger partial charge in [0.1, 0.15) is 0 Å². The van der Waals surface area contributed by atoms with E-state index in [0.717, 1.165) is 30.0 Å². The Morgan fingerprint density at radius 1 is 1.26 bits per heavy atom. The number of nitrogens with zero attached hydrogens (tertiary/aromatic N) is 1. The van der Waals surface area contributed by atoms with Gasteiger partial charge in [0.2, 0.25) is 0 Å². The summed E-state index contributed by atoms with van der Waals surface area (Å²) < 4.78 is 0. The van der Waals surface area contributed by atoms with Gasteiger partial charge in [-0.25, -0.2) is 0 Å². The zero-order chi connectivity index (χ0) is 13.8. The summed E-state index contributed by atoms with van der Waals surface area (Å²) in [7, 11) is 0. The molecule has 0 bridgehead atoms. The SMILES string of the molecule is CCC1CCCC(N2CC(CC(C)C)NCC2C)C1. The van der Waals surface area contributed by atoms with Crippen molar-refractivity contribution in [3.8, 4) is 0 Å². The van der Waals surface area contributed by atoms with Crippen LogP contribution in [0.3, 0.4) is 0 Å². The average molecular weight is 266 g/mol. The van der Waals surface area contributed by atoms with Crippen LogP contribution in [0, 0.1) is 11.8 Å². The summed E-state index contributed by atoms with van der Waals surface area (Å²) in [6, 6.07) is 2.31. The Balaban J connectivity index is 1.92. The van der Waals surface area contributed by atoms with E-state index in [-0.39, 0.29) is 0 Å². The third kappa shape index (κ3) is 4.19. The standard InChI is InChI=1S/C17H34N2/c1-5-15-7-6-8-17(10-15)19-12-16(9-13(2)3)18-11-14(19)4/h13-18H,5-12H2,1-4H3. The highest BCUT2D eigenvalue weighted by Gasteiger charge is 2.33. The van der Waals surface area contributed by atoms with Gasteiger partial charge in [-0.15, -0.1) is 0 Å². The summed E-state index contributed by atoms with van der Waals surface area (Å²) in [5.41, 5.74) is 0. The maximum absolute atomic E-state index is 3.75. The normalized spacial score (nSPS) is 37.7. The van der Waals surface area contributed by atoms with Gasteiger partial charge in [-0.1, -0.05) is 40.0 Å². The minimum Gasteiger partial charge on any atom is -0.311 e. The van der Waals surface area contributed by atoms with Crippen LogP contribution in [-0.2, 0) is 0 Å². The van der Waals surface area contributed by atoms with Gasteiger partial charge in [0, 0.05) is 31.2 Å². The van der Waals surface area contributed by atoms with Crippen LogP contribution in [0.4, 0.5) is 0 Å². The molecule has 0 aromatic rings. The van der Waals surface area contributed by atoms with E-state index in [9.17, 15) is 0 Å². The molecule has 1 heterocycles. The summed E-state index contributed by atoms with van der Waals surface area (Å²) in [4.78, 5) is 2.84. The lowest BCUT2D eigenvalue weighted by molar-refractivity contribution is 0.0519. The second-order valence-electron chi connectivity index (χ2n) is 7.38. The first-order valence-corrected chi connectivity index (χ1v) is 8.59. The molecule has 0 radical (unpaired) electrons. The Morgan fingerprint density at radius 3 is 2.74 bits per heavy atom. The van der Waals surface area contributed by atoms with Crippen LogP contribution >= 0.6 is 0 Å². The first kappa shape index (κ1) is 15.3. The number of nitrogens with one attached hydrogen (secondary N) is 1. The highest BCUT2D eigenvalue weighted by Crippen LogP contribution is 2.31. The molecular formula is C17H34N2. The van der Waals surface area contributed by atoms with Crippen molar-refractivity contribution in [3.05, 3.63) is 0 Å². The van der Waals surface area contributed by atoms with Crippen molar-refractivity contribution in [1.29, 1.82) is 0 Å². The molecule has 2 heteroatoms. The predicted octanol–water partition coefficient (Wildman–Crippen LogP) is 3.66. The van der Waals surface area contributed by atoms with E-state index in [1.807, 2.05) is 0 Å². The molecule has 1 aliphatic heterocycles. The van der Waals surface area contributed by atoms with E-state index in [1.54, 1.807) is 0 Å². The highest BCUT2D eigenvalue weighted by molar-refractivity contribution is 4.90. The van der Waals surface area contributed by atoms with E-state index in [1.165, 1.54) is 51.6 Å². The highest BCUT2D eigenvalue weighted by atomic mass is 15.3. The fourth-order valence-corrected chi connectivity index (χ4v) is 4.12. The molecule has 0 spiro atoms. The topological polar surface area (TPSA) is 15.3 Å². The molecule has 2 rings (SSSR count). The summed E-state index contributed by atoms with van der Waals surface area (Å²) in [6.07, 6.45) is 8.53. The van der Waals surface area contributed by atoms with E-state index >= 15 is 0 Å². The van der Waals surface area contributed by atoms with Gasteiger partial charge in [0.15, 0.2) is 0 Å². The minimum absolute atomic E-state index is 0.721. The largest absolute Gasteiger partial charge is 0.311 e. The molecule has 0 aromatic heterocycles. The molecular weight excluding hydrogens is 232 g/mol. The molecule has 2 aliphatic rings. The lowest BCUT2D eigenvalue weighted by atomic mass is 9.82. The van der Waals surface area contributed by atoms with Gasteiger partial charge in [-0.3, -0.25) is 4.90 Å². The summed E-state index contributed by atoms with van der Waals surface area (Å²) >= 11 is 0. The second-order valence-corrected chi connectivity index (χ2v) is 7.38. The molecule has 0 aromatic carbocycles. The smallest absolute Gasteiger partial charge is 0.0198 e. The quantitative estimate of drug-likeness (QED) is 0.835. The van der Waals surface area contributed by atoms with Crippen molar-refractivity contribution in [2.45, 2.75) is 84.3 Å². The third-order valence-electron chi connectivity index (χ3n) is 5.26. The molecule has 0 amide bonds. The van der Waals surface area contributed by atoms with Crippen LogP contribution in [-0.4, -0.2) is 36.1 Å². The molecule has 19 heavy (non-hydrogen) atoms. The Kier molecular flexibility index (Phi) is 5.70. The predicted molar refractivity (Wildman–Crippen MR) is 83.5 cm³/mol. The van der Waals surface area contributed by atoms with Gasteiger partial charge in [0.05, 0.1) is 0 Å². The fraction of sp³-hybridized carbons (Fsp3) is 1.00. The maximum Gasteiger partial charge on any atom is 0.0198 e. The van der Waals surface area contributed by atoms with E-state index in [0.29, 0.717) is 0 Å². The molecule has 4 unspecified atom stereocenters. The van der Waals surface area contributed by atoms with Gasteiger partial charge < -0.3 is 5.32 Å². The van der Waals surface area contributed by atoms with Crippen molar-refractivity contribution in [3.63, 3.8) is 0 Å². The molecule has 2 nitrogen and oxygen atoms in total. The number of hydrogen-bond acceptors (Lipinski definition) is 2. The van der Waals surface area contributed by atoms with E-state index in [2.05, 4.69) is 37.9 Å². The third-order valence-corrected chi connectivity index (χ3v) is 5.26. The molecule has 112 valence electrons. The Hall–Kier alpha value is -0.0800. The minimum atomic E-state index is 0.721. The van der Waals surface area contributed by atoms with Crippen molar-refractivity contribution < 1.29 is 0 Å². The molecule has 4 atom stereocenters. The van der Waals surface area contributed by atoms with Crippen LogP contribution < -0.4 is 5.32 Å². The van der Waals surface area contributed by atoms with Gasteiger partial charge >= 0.3 is 0 Å². The number of piperazine rings is 1. The number of rotatable bonds is 4. The zero-order valence-corrected chi connectivity index (χ0v) is 13.5. The lowest BCUT2D eigenvalue weighted by Gasteiger charge is -2.46. The van der Waals surface area contributed by atoms with Crippen LogP contribution in [0.1, 0.15) is 66.2 Å². The van der Waals surface area contributed by atoms with Crippen molar-refractivity contribution in [2.24, 2.45) is 11.8 Å². The maximum atomic E-state index is 3.75. The molecule has 1 saturated heterocycles. The summed E-state index contributed by atoms with van der Waals surface area (Å²) in [6.45, 7) is 11.9. The van der Waals surface area contributed by atoms with Crippen LogP contribution in [0.15, 0.2) is 0 Å². The Labute approximate surface area is 120 Å². The van der Waals surface area contributed by atoms with Gasteiger partial charge in [-0.2, -0.15) is 0 Å². The lowest BCUT2D eigenvalue weighted by Crippen LogP contribution is -2.59. The molecule has 1 saturated carbocycles. The van der Waals surface area contributed by atoms with Crippen molar-refractivity contribution in [2.75, 3.05) is 13.1 Å². The van der Waals surface area contributed by atoms with Crippen LogP contribution in [0.5, 0.6) is 0 Å². The van der Waals surface area contributed by atoms with E-state index in [4.69, 9.17) is 0 Å². The second kappa shape index (κ2) is 7.08. The fourth-order valence-electron chi connectivity index (χ4n) is 4.12. The summed E-state index contributed by atoms with van der Waals surface area (Å²) in [5, 5.41) is 3.75. The summed E-state index contributed by atoms with van der Waals surface area (Å²) in [5.74, 6) is 1.80. The van der Waals surface area contributed by atoms with Crippen molar-refractivity contribution >= 4 is 0 Å². The molecule has 1 N–H and O–H groups in total. The first-order valence-electron chi connectivity index (χ1n) is 8.59. The molecule has 2 fully saturated rings. The monoisotopic (exact) mass is 266 g/mol. The average Bonchev–Trinajstić information content (AvgIpc) is 2.40. The Bertz CT molecular complexity index is 264. The Morgan fingerprint density at radius 2 is 2.05 bits per heavy atom. The van der Waals surface area contributed by atoms with Crippen molar-refractivity contribution in [1.82, 2.24) is 10.2 Å². The van der Waals surface area contributed by atoms with E-state index < -0.39 is 0 Å². The number of hydrogen-bond donors (Lipinski definition) is 1. The first-order chi connectivity index (χ1) is 9.10.